The highest BCUT2D eigenvalue weighted by atomic mass is 32.2. The minimum absolute atomic E-state index is 0.366. The second-order valence-corrected chi connectivity index (χ2v) is 3.53. The molecule has 0 spiro atoms. The summed E-state index contributed by atoms with van der Waals surface area (Å²) in [7, 11) is 0. The summed E-state index contributed by atoms with van der Waals surface area (Å²) in [5, 5.41) is 2.10. The highest BCUT2D eigenvalue weighted by molar-refractivity contribution is 8.00. The van der Waals surface area contributed by atoms with E-state index in [2.05, 4.69) is 30.1 Å². The molecule has 0 bridgehead atoms. The maximum atomic E-state index is 3.20. The molecule has 1 heterocycles. The van der Waals surface area contributed by atoms with E-state index < -0.39 is 0 Å². The molecule has 0 atom stereocenters. The molecule has 1 N–H and O–H groups in total. The zero-order valence-electron chi connectivity index (χ0n) is 5.27. The van der Waals surface area contributed by atoms with Crippen LogP contribution in [0.25, 0.3) is 0 Å². The Hall–Kier alpha value is 0.0500. The highest BCUT2D eigenvalue weighted by Gasteiger charge is 2.15. The molecule has 0 radical (unpaired) electrons. The van der Waals surface area contributed by atoms with E-state index in [4.69, 9.17) is 0 Å². The van der Waals surface area contributed by atoms with E-state index in [1.165, 1.54) is 0 Å². The Morgan fingerprint density at radius 1 is 1.62 bits per heavy atom. The maximum Gasteiger partial charge on any atom is 0.0148 e. The molecule has 1 rings (SSSR count). The smallest absolute Gasteiger partial charge is 0.0148 e. The van der Waals surface area contributed by atoms with Crippen molar-refractivity contribution in [3.05, 3.63) is 11.5 Å². The van der Waals surface area contributed by atoms with Crippen molar-refractivity contribution in [2.45, 2.75) is 13.8 Å². The lowest BCUT2D eigenvalue weighted by Crippen LogP contribution is -2.25. The zero-order valence-corrected chi connectivity index (χ0v) is 6.09. The van der Waals surface area contributed by atoms with Gasteiger partial charge in [-0.05, 0) is 10.8 Å². The summed E-state index contributed by atoms with van der Waals surface area (Å²) in [4.78, 5) is 0. The number of nitrogens with one attached hydrogen (secondary N) is 1. The van der Waals surface area contributed by atoms with Gasteiger partial charge in [0.05, 0.1) is 0 Å². The molecule has 0 aliphatic carbocycles. The van der Waals surface area contributed by atoms with Crippen molar-refractivity contribution >= 4 is 11.9 Å². The van der Waals surface area contributed by atoms with Gasteiger partial charge in [-0.1, -0.05) is 31.9 Å². The van der Waals surface area contributed by atoms with Crippen molar-refractivity contribution in [3.63, 3.8) is 0 Å². The summed E-state index contributed by atoms with van der Waals surface area (Å²) >= 11 is 1.67. The standard InChI is InChI=1S/C6H11NS/c1-6(2)3-4-8-7-5-6/h3-4,7H,5H2,1-2H3. The van der Waals surface area contributed by atoms with Crippen molar-refractivity contribution in [1.82, 2.24) is 4.72 Å². The normalized spacial score (nSPS) is 25.8. The Morgan fingerprint density at radius 3 is 2.62 bits per heavy atom. The van der Waals surface area contributed by atoms with Gasteiger partial charge in [0.15, 0.2) is 0 Å². The van der Waals surface area contributed by atoms with Crippen molar-refractivity contribution < 1.29 is 0 Å². The van der Waals surface area contributed by atoms with E-state index >= 15 is 0 Å². The molecule has 1 nitrogen and oxygen atoms in total. The quantitative estimate of drug-likeness (QED) is 0.500. The Kier molecular flexibility index (Phi) is 1.63. The van der Waals surface area contributed by atoms with Crippen LogP contribution in [0.2, 0.25) is 0 Å². The Labute approximate surface area is 54.7 Å². The molecule has 0 saturated carbocycles. The van der Waals surface area contributed by atoms with Gasteiger partial charge in [0.1, 0.15) is 0 Å². The van der Waals surface area contributed by atoms with E-state index in [1.54, 1.807) is 11.9 Å². The van der Waals surface area contributed by atoms with Crippen LogP contribution in [-0.2, 0) is 0 Å². The van der Waals surface area contributed by atoms with Crippen LogP contribution in [0.4, 0.5) is 0 Å². The van der Waals surface area contributed by atoms with Crippen LogP contribution in [0, 0.1) is 5.41 Å². The van der Waals surface area contributed by atoms with Gasteiger partial charge in [0.25, 0.3) is 0 Å². The van der Waals surface area contributed by atoms with Crippen molar-refractivity contribution in [3.8, 4) is 0 Å². The predicted octanol–water partition coefficient (Wildman–Crippen LogP) is 1.78. The first-order chi connectivity index (χ1) is 3.71. The molecule has 0 saturated heterocycles. The first-order valence-electron chi connectivity index (χ1n) is 2.77. The van der Waals surface area contributed by atoms with Crippen molar-refractivity contribution in [2.24, 2.45) is 5.41 Å². The van der Waals surface area contributed by atoms with Gasteiger partial charge in [0.2, 0.25) is 0 Å². The van der Waals surface area contributed by atoms with E-state index in [9.17, 15) is 0 Å². The summed E-state index contributed by atoms with van der Waals surface area (Å²) in [6, 6.07) is 0. The van der Waals surface area contributed by atoms with Gasteiger partial charge in [-0.25, -0.2) is 0 Å². The minimum Gasteiger partial charge on any atom is -0.260 e. The fourth-order valence-electron chi connectivity index (χ4n) is 0.553. The summed E-state index contributed by atoms with van der Waals surface area (Å²) in [6.45, 7) is 5.51. The van der Waals surface area contributed by atoms with E-state index in [-0.39, 0.29) is 0 Å². The van der Waals surface area contributed by atoms with Gasteiger partial charge in [0, 0.05) is 6.54 Å². The third kappa shape index (κ3) is 1.53. The molecule has 46 valence electrons. The number of hydrogen-bond donors (Lipinski definition) is 1. The van der Waals surface area contributed by atoms with E-state index in [1.807, 2.05) is 0 Å². The van der Waals surface area contributed by atoms with Crippen LogP contribution in [0.3, 0.4) is 0 Å². The van der Waals surface area contributed by atoms with Gasteiger partial charge in [-0.2, -0.15) is 0 Å². The summed E-state index contributed by atoms with van der Waals surface area (Å²) in [6.07, 6.45) is 2.23. The average Bonchev–Trinajstić information content (AvgIpc) is 1.65. The molecule has 8 heavy (non-hydrogen) atoms. The molecule has 0 unspecified atom stereocenters. The van der Waals surface area contributed by atoms with E-state index in [0.717, 1.165) is 6.54 Å². The average molecular weight is 129 g/mol. The summed E-state index contributed by atoms with van der Waals surface area (Å²) in [5.74, 6) is 0. The maximum absolute atomic E-state index is 3.20. The molecular weight excluding hydrogens is 118 g/mol. The SMILES string of the molecule is CC1(C)C=CSNC1. The largest absolute Gasteiger partial charge is 0.260 e. The first-order valence-corrected chi connectivity index (χ1v) is 3.65. The third-order valence-corrected chi connectivity index (χ3v) is 1.78. The van der Waals surface area contributed by atoms with Crippen LogP contribution >= 0.6 is 11.9 Å². The summed E-state index contributed by atoms with van der Waals surface area (Å²) < 4.78 is 3.20. The van der Waals surface area contributed by atoms with Crippen LogP contribution in [0.1, 0.15) is 13.8 Å². The monoisotopic (exact) mass is 129 g/mol. The van der Waals surface area contributed by atoms with Gasteiger partial charge < -0.3 is 0 Å². The van der Waals surface area contributed by atoms with Crippen LogP contribution in [0.15, 0.2) is 11.5 Å². The molecule has 2 heteroatoms. The molecule has 0 fully saturated rings. The fraction of sp³-hybridized carbons (Fsp3) is 0.667. The van der Waals surface area contributed by atoms with Crippen LogP contribution in [0.5, 0.6) is 0 Å². The van der Waals surface area contributed by atoms with Crippen molar-refractivity contribution in [1.29, 1.82) is 0 Å². The summed E-state index contributed by atoms with van der Waals surface area (Å²) in [5.41, 5.74) is 0.366. The molecule has 0 aromatic heterocycles. The Bertz CT molecular complexity index is 107. The lowest BCUT2D eigenvalue weighted by Gasteiger charge is -2.23. The Balaban J connectivity index is 2.56. The molecule has 1 aliphatic heterocycles. The Morgan fingerprint density at radius 2 is 2.38 bits per heavy atom. The van der Waals surface area contributed by atoms with Gasteiger partial charge >= 0.3 is 0 Å². The minimum atomic E-state index is 0.366. The second-order valence-electron chi connectivity index (χ2n) is 2.73. The zero-order chi connectivity index (χ0) is 6.04. The third-order valence-electron chi connectivity index (χ3n) is 1.20. The fourth-order valence-corrected chi connectivity index (χ4v) is 1.54. The second kappa shape index (κ2) is 2.11. The highest BCUT2D eigenvalue weighted by Crippen LogP contribution is 2.21. The van der Waals surface area contributed by atoms with E-state index in [0.29, 0.717) is 5.41 Å². The molecule has 0 amide bonds. The van der Waals surface area contributed by atoms with Crippen molar-refractivity contribution in [2.75, 3.05) is 6.54 Å². The molecular formula is C6H11NS. The molecule has 1 aliphatic rings. The van der Waals surface area contributed by atoms with Crippen LogP contribution < -0.4 is 4.72 Å². The number of rotatable bonds is 0. The predicted molar refractivity (Wildman–Crippen MR) is 38.5 cm³/mol. The van der Waals surface area contributed by atoms with Gasteiger partial charge in [-0.15, -0.1) is 0 Å². The number of hydrogen-bond acceptors (Lipinski definition) is 2. The van der Waals surface area contributed by atoms with Crippen LogP contribution in [-0.4, -0.2) is 6.54 Å². The molecule has 0 aromatic carbocycles. The lowest BCUT2D eigenvalue weighted by molar-refractivity contribution is 0.477. The van der Waals surface area contributed by atoms with Gasteiger partial charge in [-0.3, -0.25) is 4.72 Å². The lowest BCUT2D eigenvalue weighted by atomic mass is 9.94. The topological polar surface area (TPSA) is 12.0 Å². The first kappa shape index (κ1) is 6.17. The molecule has 0 aromatic rings.